The molecule has 0 aliphatic rings. The van der Waals surface area contributed by atoms with Gasteiger partial charge in [0.15, 0.2) is 5.65 Å². The number of nitrogens with one attached hydrogen (secondary N) is 2. The van der Waals surface area contributed by atoms with Gasteiger partial charge in [-0.15, -0.1) is 0 Å². The minimum absolute atomic E-state index is 0. The number of hydrogen-bond acceptors (Lipinski definition) is 7. The third-order valence-electron chi connectivity index (χ3n) is 4.52. The molecule has 32 heavy (non-hydrogen) atoms. The molecule has 0 saturated carbocycles. The highest BCUT2D eigenvalue weighted by Crippen LogP contribution is 2.25. The van der Waals surface area contributed by atoms with Crippen LogP contribution in [-0.2, 0) is 6.54 Å². The molecule has 0 bridgehead atoms. The second-order valence-corrected chi connectivity index (χ2v) is 6.52. The van der Waals surface area contributed by atoms with Gasteiger partial charge in [0.2, 0.25) is 11.9 Å². The summed E-state index contributed by atoms with van der Waals surface area (Å²) in [4.78, 5) is 13.5. The number of imidazole rings is 1. The fraction of sp³-hybridized carbons (Fsp3) is 0.174. The van der Waals surface area contributed by atoms with Crippen LogP contribution in [0.1, 0.15) is 13.8 Å². The van der Waals surface area contributed by atoms with Gasteiger partial charge in [0.1, 0.15) is 17.1 Å². The lowest BCUT2D eigenvalue weighted by Gasteiger charge is -2.10. The van der Waals surface area contributed by atoms with Gasteiger partial charge in [-0.1, -0.05) is 25.5 Å². The van der Waals surface area contributed by atoms with Gasteiger partial charge in [-0.25, -0.2) is 14.4 Å². The summed E-state index contributed by atoms with van der Waals surface area (Å²) >= 11 is 0. The molecule has 4 N–H and O–H groups in total. The molecule has 8 nitrogen and oxygen atoms in total. The summed E-state index contributed by atoms with van der Waals surface area (Å²) in [5.74, 6) is 4.04. The number of nitrogens with two attached hydrogens (primary N) is 1. The second-order valence-electron chi connectivity index (χ2n) is 6.52. The van der Waals surface area contributed by atoms with Crippen molar-refractivity contribution in [3.8, 4) is 17.7 Å². The van der Waals surface area contributed by atoms with Gasteiger partial charge in [0, 0.05) is 24.7 Å². The van der Waals surface area contributed by atoms with Crippen LogP contribution in [0.3, 0.4) is 0 Å². The third kappa shape index (κ3) is 4.87. The van der Waals surface area contributed by atoms with E-state index < -0.39 is 0 Å². The van der Waals surface area contributed by atoms with Crippen molar-refractivity contribution in [2.45, 2.75) is 20.4 Å². The number of fused-ring (bicyclic) bond motifs is 1. The van der Waals surface area contributed by atoms with Crippen LogP contribution in [-0.4, -0.2) is 26.6 Å². The van der Waals surface area contributed by atoms with Gasteiger partial charge in [-0.2, -0.15) is 4.98 Å². The number of methoxy groups -OCH3 is 1. The number of benzene rings is 2. The van der Waals surface area contributed by atoms with E-state index in [2.05, 4.69) is 37.6 Å². The zero-order valence-corrected chi connectivity index (χ0v) is 16.8. The molecule has 0 aliphatic carbocycles. The molecule has 0 unspecified atom stereocenters. The van der Waals surface area contributed by atoms with Gasteiger partial charge >= 0.3 is 0 Å². The summed E-state index contributed by atoms with van der Waals surface area (Å²) < 4.78 is 21.1. The van der Waals surface area contributed by atoms with Crippen LogP contribution in [0, 0.1) is 17.8 Å². The molecule has 9 heteroatoms. The van der Waals surface area contributed by atoms with Crippen molar-refractivity contribution in [3.05, 3.63) is 60.5 Å². The predicted octanol–water partition coefficient (Wildman–Crippen LogP) is 4.41. The molecular formula is C23H24FN7O. The van der Waals surface area contributed by atoms with Gasteiger partial charge in [0.25, 0.3) is 0 Å². The molecular weight excluding hydrogens is 409 g/mol. The van der Waals surface area contributed by atoms with E-state index in [1.165, 1.54) is 6.07 Å². The molecule has 0 atom stereocenters. The summed E-state index contributed by atoms with van der Waals surface area (Å²) in [5, 5.41) is 6.20. The Morgan fingerprint density at radius 1 is 1.09 bits per heavy atom. The Labute approximate surface area is 185 Å². The molecule has 2 aromatic carbocycles. The standard InChI is InChI=1S/C22H20FN7O.CH4/c1-31-16-10-8-15(9-11-16)26-21-25-14-19-20(29-21)30(13-5-4-12-24)22(28-19)27-18-7-3-2-6-17(18)23;/h2-3,6-11,14H,5,13,24H2,1H3,(H,27,28)(H,25,26,29);1H4. The molecule has 164 valence electrons. The van der Waals surface area contributed by atoms with Crippen LogP contribution in [0.5, 0.6) is 5.75 Å². The Balaban J connectivity index is 0.00000289. The Kier molecular flexibility index (Phi) is 7.08. The molecule has 0 amide bonds. The van der Waals surface area contributed by atoms with E-state index in [0.29, 0.717) is 41.7 Å². The SMILES string of the molecule is C.COc1ccc(Nc2ncc3nc(Nc4ccccc4F)n(CCC#CN)c3n2)cc1. The highest BCUT2D eigenvalue weighted by atomic mass is 19.1. The number of nitrogens with zero attached hydrogens (tertiary/aromatic N) is 4. The number of aromatic nitrogens is 4. The Hall–Kier alpha value is -4.32. The highest BCUT2D eigenvalue weighted by molar-refractivity contribution is 5.77. The van der Waals surface area contributed by atoms with Crippen LogP contribution in [0.4, 0.5) is 27.7 Å². The quantitative estimate of drug-likeness (QED) is 0.293. The molecule has 4 rings (SSSR count). The number of halogens is 1. The number of anilines is 4. The second kappa shape index (κ2) is 10.1. The molecule has 0 aliphatic heterocycles. The van der Waals surface area contributed by atoms with Crippen molar-refractivity contribution in [2.75, 3.05) is 17.7 Å². The van der Waals surface area contributed by atoms with Gasteiger partial charge in [-0.05, 0) is 36.4 Å². The molecule has 2 aromatic heterocycles. The molecule has 0 radical (unpaired) electrons. The van der Waals surface area contributed by atoms with E-state index in [-0.39, 0.29) is 13.2 Å². The maximum Gasteiger partial charge on any atom is 0.229 e. The predicted molar refractivity (Wildman–Crippen MR) is 125 cm³/mol. The van der Waals surface area contributed by atoms with Crippen LogP contribution in [0.15, 0.2) is 54.7 Å². The Bertz CT molecular complexity index is 1260. The number of rotatable bonds is 7. The van der Waals surface area contributed by atoms with Crippen molar-refractivity contribution >= 4 is 34.4 Å². The van der Waals surface area contributed by atoms with Crippen LogP contribution < -0.4 is 21.1 Å². The average Bonchev–Trinajstić information content (AvgIpc) is 3.12. The summed E-state index contributed by atoms with van der Waals surface area (Å²) in [5.41, 5.74) is 7.58. The number of hydrogen-bond donors (Lipinski definition) is 3. The lowest BCUT2D eigenvalue weighted by Crippen LogP contribution is -2.06. The van der Waals surface area contributed by atoms with Crippen LogP contribution in [0.25, 0.3) is 11.2 Å². The zero-order valence-electron chi connectivity index (χ0n) is 16.8. The number of ether oxygens (including phenoxy) is 1. The summed E-state index contributed by atoms with van der Waals surface area (Å²) in [6, 6.07) is 16.2. The summed E-state index contributed by atoms with van der Waals surface area (Å²) in [7, 11) is 1.61. The summed E-state index contributed by atoms with van der Waals surface area (Å²) in [6.07, 6.45) is 2.10. The first-order valence-corrected chi connectivity index (χ1v) is 9.52. The first-order valence-electron chi connectivity index (χ1n) is 9.52. The molecule has 2 heterocycles. The lowest BCUT2D eigenvalue weighted by atomic mass is 10.3. The maximum absolute atomic E-state index is 14.1. The van der Waals surface area contributed by atoms with Crippen molar-refractivity contribution in [2.24, 2.45) is 5.73 Å². The van der Waals surface area contributed by atoms with Crippen LogP contribution >= 0.6 is 0 Å². The monoisotopic (exact) mass is 433 g/mol. The largest absolute Gasteiger partial charge is 0.497 e. The van der Waals surface area contributed by atoms with Crippen molar-refractivity contribution in [1.29, 1.82) is 0 Å². The first kappa shape index (κ1) is 22.4. The maximum atomic E-state index is 14.1. The number of aryl methyl sites for hydroxylation is 1. The first-order chi connectivity index (χ1) is 15.2. The lowest BCUT2D eigenvalue weighted by molar-refractivity contribution is 0.415. The van der Waals surface area contributed by atoms with E-state index in [1.807, 2.05) is 28.8 Å². The normalized spacial score (nSPS) is 10.1. The molecule has 0 saturated heterocycles. The molecule has 0 spiro atoms. The van der Waals surface area contributed by atoms with Crippen molar-refractivity contribution in [1.82, 2.24) is 19.5 Å². The van der Waals surface area contributed by atoms with Gasteiger partial charge < -0.3 is 21.1 Å². The summed E-state index contributed by atoms with van der Waals surface area (Å²) in [6.45, 7) is 0.469. The van der Waals surface area contributed by atoms with E-state index in [4.69, 9.17) is 10.5 Å². The van der Waals surface area contributed by atoms with Gasteiger partial charge in [0.05, 0.1) is 19.0 Å². The zero-order chi connectivity index (χ0) is 21.6. The highest BCUT2D eigenvalue weighted by Gasteiger charge is 2.15. The fourth-order valence-corrected chi connectivity index (χ4v) is 3.01. The third-order valence-corrected chi connectivity index (χ3v) is 4.52. The number of para-hydroxylation sites is 1. The van der Waals surface area contributed by atoms with Crippen LogP contribution in [0.2, 0.25) is 0 Å². The van der Waals surface area contributed by atoms with Crippen molar-refractivity contribution in [3.63, 3.8) is 0 Å². The topological polar surface area (TPSA) is 103 Å². The minimum Gasteiger partial charge on any atom is -0.497 e. The van der Waals surface area contributed by atoms with E-state index >= 15 is 0 Å². The van der Waals surface area contributed by atoms with Gasteiger partial charge in [-0.3, -0.25) is 4.57 Å². The minimum atomic E-state index is -0.379. The smallest absolute Gasteiger partial charge is 0.229 e. The van der Waals surface area contributed by atoms with Crippen molar-refractivity contribution < 1.29 is 9.13 Å². The fourth-order valence-electron chi connectivity index (χ4n) is 3.01. The Morgan fingerprint density at radius 2 is 1.88 bits per heavy atom. The molecule has 4 aromatic rings. The van der Waals surface area contributed by atoms with E-state index in [9.17, 15) is 4.39 Å². The molecule has 0 fully saturated rings. The van der Waals surface area contributed by atoms with E-state index in [1.54, 1.807) is 31.5 Å². The average molecular weight is 433 g/mol. The Morgan fingerprint density at radius 3 is 2.59 bits per heavy atom. The van der Waals surface area contributed by atoms with E-state index in [0.717, 1.165) is 11.4 Å².